The molecule has 1 aromatic rings. The van der Waals surface area contributed by atoms with E-state index in [0.717, 1.165) is 0 Å². The predicted octanol–water partition coefficient (Wildman–Crippen LogP) is 1.77. The lowest BCUT2D eigenvalue weighted by molar-refractivity contribution is 0.0635. The number of pyridine rings is 1. The minimum absolute atomic E-state index is 0.374. The molecule has 6 heteroatoms. The SMILES string of the molecule is CC(C)(C)OC(=O)Nc1cc(OCCN)ccn1. The Kier molecular flexibility index (Phi) is 4.91. The van der Waals surface area contributed by atoms with Crippen molar-refractivity contribution in [3.63, 3.8) is 0 Å². The zero-order valence-corrected chi connectivity index (χ0v) is 10.9. The fraction of sp³-hybridized carbons (Fsp3) is 0.500. The molecule has 1 amide bonds. The van der Waals surface area contributed by atoms with Crippen LogP contribution in [0, 0.1) is 0 Å². The summed E-state index contributed by atoms with van der Waals surface area (Å²) < 4.78 is 10.4. The van der Waals surface area contributed by atoms with Crippen molar-refractivity contribution in [1.29, 1.82) is 0 Å². The molecular formula is C12H19N3O3. The summed E-state index contributed by atoms with van der Waals surface area (Å²) in [4.78, 5) is 15.5. The van der Waals surface area contributed by atoms with Gasteiger partial charge in [-0.1, -0.05) is 0 Å². The van der Waals surface area contributed by atoms with Crippen LogP contribution in [0.5, 0.6) is 5.75 Å². The number of nitrogens with zero attached hydrogens (tertiary/aromatic N) is 1. The summed E-state index contributed by atoms with van der Waals surface area (Å²) >= 11 is 0. The number of amides is 1. The zero-order chi connectivity index (χ0) is 13.6. The third-order valence-electron chi connectivity index (χ3n) is 1.75. The molecule has 0 bridgehead atoms. The van der Waals surface area contributed by atoms with E-state index in [1.54, 1.807) is 39.1 Å². The van der Waals surface area contributed by atoms with Crippen LogP contribution in [0.15, 0.2) is 18.3 Å². The number of rotatable bonds is 4. The topological polar surface area (TPSA) is 86.5 Å². The molecule has 0 spiro atoms. The van der Waals surface area contributed by atoms with Crippen molar-refractivity contribution in [2.75, 3.05) is 18.5 Å². The fourth-order valence-electron chi connectivity index (χ4n) is 1.15. The molecule has 0 aliphatic carbocycles. The largest absolute Gasteiger partial charge is 0.492 e. The minimum atomic E-state index is -0.550. The van der Waals surface area contributed by atoms with Crippen LogP contribution in [0.3, 0.4) is 0 Å². The van der Waals surface area contributed by atoms with Gasteiger partial charge in [-0.3, -0.25) is 5.32 Å². The lowest BCUT2D eigenvalue weighted by atomic mass is 10.2. The molecule has 0 atom stereocenters. The number of anilines is 1. The monoisotopic (exact) mass is 253 g/mol. The van der Waals surface area contributed by atoms with E-state index < -0.39 is 11.7 Å². The third-order valence-corrected chi connectivity index (χ3v) is 1.75. The molecule has 0 aromatic carbocycles. The molecule has 0 aliphatic rings. The highest BCUT2D eigenvalue weighted by Gasteiger charge is 2.16. The molecule has 100 valence electrons. The molecule has 6 nitrogen and oxygen atoms in total. The van der Waals surface area contributed by atoms with Gasteiger partial charge in [-0.05, 0) is 26.8 Å². The van der Waals surface area contributed by atoms with E-state index in [1.165, 1.54) is 0 Å². The van der Waals surface area contributed by atoms with Crippen molar-refractivity contribution < 1.29 is 14.3 Å². The second kappa shape index (κ2) is 6.20. The van der Waals surface area contributed by atoms with E-state index in [9.17, 15) is 4.79 Å². The molecule has 0 fully saturated rings. The van der Waals surface area contributed by atoms with E-state index in [4.69, 9.17) is 15.2 Å². The van der Waals surface area contributed by atoms with Crippen molar-refractivity contribution in [3.05, 3.63) is 18.3 Å². The van der Waals surface area contributed by atoms with Gasteiger partial charge in [-0.25, -0.2) is 9.78 Å². The van der Waals surface area contributed by atoms with Gasteiger partial charge in [-0.15, -0.1) is 0 Å². The van der Waals surface area contributed by atoms with Gasteiger partial charge in [0.1, 0.15) is 23.8 Å². The van der Waals surface area contributed by atoms with Crippen LogP contribution in [-0.4, -0.2) is 29.8 Å². The summed E-state index contributed by atoms with van der Waals surface area (Å²) in [6.45, 7) is 6.22. The highest BCUT2D eigenvalue weighted by molar-refractivity contribution is 5.83. The molecular weight excluding hydrogens is 234 g/mol. The molecule has 1 rings (SSSR count). The number of nitrogens with one attached hydrogen (secondary N) is 1. The maximum atomic E-state index is 11.5. The van der Waals surface area contributed by atoms with Gasteiger partial charge in [0.25, 0.3) is 0 Å². The lowest BCUT2D eigenvalue weighted by Gasteiger charge is -2.19. The van der Waals surface area contributed by atoms with Crippen LogP contribution >= 0.6 is 0 Å². The molecule has 3 N–H and O–H groups in total. The number of hydrogen-bond donors (Lipinski definition) is 2. The van der Waals surface area contributed by atoms with E-state index in [-0.39, 0.29) is 0 Å². The second-order valence-electron chi connectivity index (χ2n) is 4.64. The number of nitrogens with two attached hydrogens (primary N) is 1. The first kappa shape index (κ1) is 14.2. The smallest absolute Gasteiger partial charge is 0.413 e. The van der Waals surface area contributed by atoms with Crippen molar-refractivity contribution in [2.24, 2.45) is 5.73 Å². The normalized spacial score (nSPS) is 10.9. The summed E-state index contributed by atoms with van der Waals surface area (Å²) in [5, 5.41) is 2.53. The van der Waals surface area contributed by atoms with Crippen LogP contribution in [0.2, 0.25) is 0 Å². The first-order valence-corrected chi connectivity index (χ1v) is 5.69. The number of hydrogen-bond acceptors (Lipinski definition) is 5. The molecule has 0 radical (unpaired) electrons. The fourth-order valence-corrected chi connectivity index (χ4v) is 1.15. The number of aromatic nitrogens is 1. The van der Waals surface area contributed by atoms with Crippen LogP contribution in [0.4, 0.5) is 10.6 Å². The van der Waals surface area contributed by atoms with Crippen molar-refractivity contribution >= 4 is 11.9 Å². The molecule has 1 aromatic heterocycles. The summed E-state index contributed by atoms with van der Waals surface area (Å²) in [6, 6.07) is 3.30. The Balaban J connectivity index is 2.59. The van der Waals surface area contributed by atoms with Crippen LogP contribution in [0.25, 0.3) is 0 Å². The van der Waals surface area contributed by atoms with Gasteiger partial charge < -0.3 is 15.2 Å². The quantitative estimate of drug-likeness (QED) is 0.854. The Morgan fingerprint density at radius 1 is 1.50 bits per heavy atom. The number of carbonyl (C=O) groups is 1. The Hall–Kier alpha value is -1.82. The molecule has 0 saturated heterocycles. The predicted molar refractivity (Wildman–Crippen MR) is 68.6 cm³/mol. The molecule has 18 heavy (non-hydrogen) atoms. The number of ether oxygens (including phenoxy) is 2. The Bertz CT molecular complexity index is 402. The maximum absolute atomic E-state index is 11.5. The number of carbonyl (C=O) groups excluding carboxylic acids is 1. The van der Waals surface area contributed by atoms with E-state index in [1.807, 2.05) is 0 Å². The average Bonchev–Trinajstić information content (AvgIpc) is 2.24. The van der Waals surface area contributed by atoms with E-state index in [0.29, 0.717) is 24.7 Å². The van der Waals surface area contributed by atoms with E-state index >= 15 is 0 Å². The van der Waals surface area contributed by atoms with Crippen molar-refractivity contribution in [3.8, 4) is 5.75 Å². The van der Waals surface area contributed by atoms with E-state index in [2.05, 4.69) is 10.3 Å². The summed E-state index contributed by atoms with van der Waals surface area (Å²) in [7, 11) is 0. The van der Waals surface area contributed by atoms with Crippen molar-refractivity contribution in [2.45, 2.75) is 26.4 Å². The zero-order valence-electron chi connectivity index (χ0n) is 10.9. The van der Waals surface area contributed by atoms with Gasteiger partial charge in [0.05, 0.1) is 0 Å². The van der Waals surface area contributed by atoms with Crippen molar-refractivity contribution in [1.82, 2.24) is 4.98 Å². The molecule has 0 aliphatic heterocycles. The Morgan fingerprint density at radius 2 is 2.22 bits per heavy atom. The van der Waals surface area contributed by atoms with Crippen LogP contribution < -0.4 is 15.8 Å². The van der Waals surface area contributed by atoms with Gasteiger partial charge in [-0.2, -0.15) is 0 Å². The highest BCUT2D eigenvalue weighted by Crippen LogP contribution is 2.15. The molecule has 0 saturated carbocycles. The van der Waals surface area contributed by atoms with Gasteiger partial charge >= 0.3 is 6.09 Å². The standard InChI is InChI=1S/C12H19N3O3/c1-12(2,3)18-11(16)15-10-8-9(4-6-14-10)17-7-5-13/h4,6,8H,5,7,13H2,1-3H3,(H,14,15,16). The highest BCUT2D eigenvalue weighted by atomic mass is 16.6. The Labute approximate surface area is 106 Å². The second-order valence-corrected chi connectivity index (χ2v) is 4.64. The van der Waals surface area contributed by atoms with Gasteiger partial charge in [0.15, 0.2) is 0 Å². The lowest BCUT2D eigenvalue weighted by Crippen LogP contribution is -2.27. The average molecular weight is 253 g/mol. The summed E-state index contributed by atoms with van der Waals surface area (Å²) in [5.41, 5.74) is 4.79. The third kappa shape index (κ3) is 5.49. The first-order chi connectivity index (χ1) is 8.40. The summed E-state index contributed by atoms with van der Waals surface area (Å²) in [5.74, 6) is 0.972. The van der Waals surface area contributed by atoms with Crippen LogP contribution in [0.1, 0.15) is 20.8 Å². The van der Waals surface area contributed by atoms with Gasteiger partial charge in [0, 0.05) is 18.8 Å². The molecule has 0 unspecified atom stereocenters. The van der Waals surface area contributed by atoms with Gasteiger partial charge in [0.2, 0.25) is 0 Å². The maximum Gasteiger partial charge on any atom is 0.413 e. The first-order valence-electron chi connectivity index (χ1n) is 5.69. The molecule has 1 heterocycles. The van der Waals surface area contributed by atoms with Crippen LogP contribution in [-0.2, 0) is 4.74 Å². The summed E-state index contributed by atoms with van der Waals surface area (Å²) in [6.07, 6.45) is 0.990. The Morgan fingerprint density at radius 3 is 2.83 bits per heavy atom. The minimum Gasteiger partial charge on any atom is -0.492 e.